The predicted octanol–water partition coefficient (Wildman–Crippen LogP) is 2.29. The lowest BCUT2D eigenvalue weighted by Crippen LogP contribution is -2.20. The van der Waals surface area contributed by atoms with Crippen molar-refractivity contribution in [2.75, 3.05) is 7.11 Å². The first-order valence-electron chi connectivity index (χ1n) is 4.76. The molecule has 1 N–H and O–H groups in total. The first-order valence-corrected chi connectivity index (χ1v) is 5.64. The van der Waals surface area contributed by atoms with E-state index < -0.39 is 17.4 Å². The van der Waals surface area contributed by atoms with Crippen LogP contribution in [0.5, 0.6) is 0 Å². The van der Waals surface area contributed by atoms with Crippen LogP contribution in [0.4, 0.5) is 0 Å². The van der Waals surface area contributed by atoms with Crippen molar-refractivity contribution in [3.05, 3.63) is 21.9 Å². The van der Waals surface area contributed by atoms with Crippen molar-refractivity contribution >= 4 is 23.3 Å². The van der Waals surface area contributed by atoms with Crippen molar-refractivity contribution < 1.29 is 19.4 Å². The fraction of sp³-hybridized carbons (Fsp3) is 0.455. The van der Waals surface area contributed by atoms with Crippen LogP contribution in [0.1, 0.15) is 35.5 Å². The van der Waals surface area contributed by atoms with Crippen molar-refractivity contribution in [2.45, 2.75) is 25.7 Å². The van der Waals surface area contributed by atoms with E-state index in [4.69, 9.17) is 5.11 Å². The summed E-state index contributed by atoms with van der Waals surface area (Å²) in [6.07, 6.45) is 0.0358. The molecule has 0 aromatic carbocycles. The molecule has 4 nitrogen and oxygen atoms in total. The highest BCUT2D eigenvalue weighted by Crippen LogP contribution is 2.32. The number of esters is 1. The van der Waals surface area contributed by atoms with Gasteiger partial charge in [-0.25, -0.2) is 4.79 Å². The minimum Gasteiger partial charge on any atom is -0.481 e. The molecule has 0 amide bonds. The monoisotopic (exact) mass is 242 g/mol. The SMILES string of the molecule is COC(=O)c1csc(C(C)(C)CC(=O)O)c1. The number of hydrogen-bond acceptors (Lipinski definition) is 4. The van der Waals surface area contributed by atoms with Crippen LogP contribution in [-0.2, 0) is 14.9 Å². The fourth-order valence-electron chi connectivity index (χ4n) is 1.38. The van der Waals surface area contributed by atoms with Gasteiger partial charge in [-0.1, -0.05) is 13.8 Å². The molecular weight excluding hydrogens is 228 g/mol. The highest BCUT2D eigenvalue weighted by Gasteiger charge is 2.26. The molecule has 1 aromatic rings. The summed E-state index contributed by atoms with van der Waals surface area (Å²) in [5, 5.41) is 10.5. The second kappa shape index (κ2) is 4.65. The zero-order valence-corrected chi connectivity index (χ0v) is 10.3. The Morgan fingerprint density at radius 3 is 2.62 bits per heavy atom. The third-order valence-electron chi connectivity index (χ3n) is 2.28. The number of thiophene rings is 1. The average molecular weight is 242 g/mol. The summed E-state index contributed by atoms with van der Waals surface area (Å²) in [4.78, 5) is 22.8. The second-order valence-corrected chi connectivity index (χ2v) is 5.06. The highest BCUT2D eigenvalue weighted by molar-refractivity contribution is 7.10. The number of hydrogen-bond donors (Lipinski definition) is 1. The van der Waals surface area contributed by atoms with E-state index in [0.717, 1.165) is 4.88 Å². The first-order chi connectivity index (χ1) is 7.36. The van der Waals surface area contributed by atoms with Gasteiger partial charge < -0.3 is 9.84 Å². The Kier molecular flexibility index (Phi) is 3.70. The van der Waals surface area contributed by atoms with Crippen molar-refractivity contribution in [3.8, 4) is 0 Å². The third kappa shape index (κ3) is 2.82. The fourth-order valence-corrected chi connectivity index (χ4v) is 2.39. The molecule has 1 rings (SSSR count). The maximum atomic E-state index is 11.2. The van der Waals surface area contributed by atoms with Crippen LogP contribution < -0.4 is 0 Å². The lowest BCUT2D eigenvalue weighted by molar-refractivity contribution is -0.138. The largest absolute Gasteiger partial charge is 0.481 e. The Balaban J connectivity index is 2.92. The van der Waals surface area contributed by atoms with Crippen molar-refractivity contribution in [1.29, 1.82) is 0 Å². The molecule has 1 aromatic heterocycles. The first kappa shape index (κ1) is 12.7. The lowest BCUT2D eigenvalue weighted by atomic mass is 9.87. The number of carbonyl (C=O) groups excluding carboxylic acids is 1. The van der Waals surface area contributed by atoms with Gasteiger partial charge in [0, 0.05) is 15.7 Å². The normalized spacial score (nSPS) is 11.2. The highest BCUT2D eigenvalue weighted by atomic mass is 32.1. The molecule has 0 saturated heterocycles. The summed E-state index contributed by atoms with van der Waals surface area (Å²) < 4.78 is 4.59. The van der Waals surface area contributed by atoms with Gasteiger partial charge in [0.25, 0.3) is 0 Å². The number of carbonyl (C=O) groups is 2. The second-order valence-electron chi connectivity index (χ2n) is 4.15. The van der Waals surface area contributed by atoms with Crippen LogP contribution in [0, 0.1) is 0 Å². The van der Waals surface area contributed by atoms with E-state index in [0.29, 0.717) is 5.56 Å². The molecule has 0 aliphatic rings. The topological polar surface area (TPSA) is 63.6 Å². The van der Waals surface area contributed by atoms with Crippen LogP contribution in [0.25, 0.3) is 0 Å². The number of carboxylic acid groups (broad SMARTS) is 1. The number of ether oxygens (including phenoxy) is 1. The van der Waals surface area contributed by atoms with E-state index in [2.05, 4.69) is 4.74 Å². The quantitative estimate of drug-likeness (QED) is 0.823. The number of aliphatic carboxylic acids is 1. The molecule has 1 heterocycles. The minimum atomic E-state index is -0.849. The van der Waals surface area contributed by atoms with Gasteiger partial charge in [0.15, 0.2) is 0 Å². The van der Waals surface area contributed by atoms with E-state index in [-0.39, 0.29) is 6.42 Å². The van der Waals surface area contributed by atoms with Crippen LogP contribution in [-0.4, -0.2) is 24.2 Å². The van der Waals surface area contributed by atoms with E-state index in [1.807, 2.05) is 13.8 Å². The molecule has 16 heavy (non-hydrogen) atoms. The van der Waals surface area contributed by atoms with Crippen molar-refractivity contribution in [2.24, 2.45) is 0 Å². The predicted molar refractivity (Wildman–Crippen MR) is 60.9 cm³/mol. The number of methoxy groups -OCH3 is 1. The molecule has 88 valence electrons. The van der Waals surface area contributed by atoms with Crippen LogP contribution in [0.3, 0.4) is 0 Å². The summed E-state index contributed by atoms with van der Waals surface area (Å²) in [6.45, 7) is 3.68. The molecular formula is C11H14O4S. The van der Waals surface area contributed by atoms with E-state index >= 15 is 0 Å². The Bertz CT molecular complexity index is 406. The molecule has 0 spiro atoms. The summed E-state index contributed by atoms with van der Waals surface area (Å²) in [7, 11) is 1.32. The van der Waals surface area contributed by atoms with Crippen LogP contribution in [0.15, 0.2) is 11.4 Å². The minimum absolute atomic E-state index is 0.0358. The van der Waals surface area contributed by atoms with Gasteiger partial charge in [-0.05, 0) is 6.07 Å². The van der Waals surface area contributed by atoms with Crippen LogP contribution in [0.2, 0.25) is 0 Å². The third-order valence-corrected chi connectivity index (χ3v) is 3.58. The molecule has 0 unspecified atom stereocenters. The van der Waals surface area contributed by atoms with Crippen LogP contribution >= 0.6 is 11.3 Å². The maximum absolute atomic E-state index is 11.2. The van der Waals surface area contributed by atoms with Gasteiger partial charge >= 0.3 is 11.9 Å². The van der Waals surface area contributed by atoms with E-state index in [1.165, 1.54) is 18.4 Å². The summed E-state index contributed by atoms with van der Waals surface area (Å²) >= 11 is 1.38. The number of carboxylic acids is 1. The van der Waals surface area contributed by atoms with Gasteiger partial charge in [0.2, 0.25) is 0 Å². The zero-order valence-electron chi connectivity index (χ0n) is 9.44. The summed E-state index contributed by atoms with van der Waals surface area (Å²) in [5.74, 6) is -1.24. The Morgan fingerprint density at radius 1 is 1.50 bits per heavy atom. The summed E-state index contributed by atoms with van der Waals surface area (Å²) in [6, 6.07) is 1.69. The van der Waals surface area contributed by atoms with E-state index in [9.17, 15) is 9.59 Å². The molecule has 0 radical (unpaired) electrons. The molecule has 0 aliphatic carbocycles. The Labute approximate surface area is 97.9 Å². The van der Waals surface area contributed by atoms with Gasteiger partial charge in [-0.3, -0.25) is 4.79 Å². The molecule has 0 atom stereocenters. The molecule has 0 fully saturated rings. The standard InChI is InChI=1S/C11H14O4S/c1-11(2,5-9(12)13)8-4-7(6-16-8)10(14)15-3/h4,6H,5H2,1-3H3,(H,12,13). The Hall–Kier alpha value is -1.36. The summed E-state index contributed by atoms with van der Waals surface area (Å²) in [5.41, 5.74) is 0.00364. The maximum Gasteiger partial charge on any atom is 0.338 e. The lowest BCUT2D eigenvalue weighted by Gasteiger charge is -2.20. The van der Waals surface area contributed by atoms with Gasteiger partial charge in [-0.15, -0.1) is 11.3 Å². The molecule has 0 aliphatic heterocycles. The van der Waals surface area contributed by atoms with Gasteiger partial charge in [0.1, 0.15) is 0 Å². The van der Waals surface area contributed by atoms with Gasteiger partial charge in [-0.2, -0.15) is 0 Å². The van der Waals surface area contributed by atoms with Gasteiger partial charge in [0.05, 0.1) is 19.1 Å². The molecule has 0 bridgehead atoms. The average Bonchev–Trinajstić information content (AvgIpc) is 2.63. The Morgan fingerprint density at radius 2 is 2.12 bits per heavy atom. The number of rotatable bonds is 4. The van der Waals surface area contributed by atoms with Crippen molar-refractivity contribution in [1.82, 2.24) is 0 Å². The van der Waals surface area contributed by atoms with Crippen molar-refractivity contribution in [3.63, 3.8) is 0 Å². The molecule has 0 saturated carbocycles. The smallest absolute Gasteiger partial charge is 0.338 e. The van der Waals surface area contributed by atoms with E-state index in [1.54, 1.807) is 11.4 Å². The zero-order chi connectivity index (χ0) is 12.3. The molecule has 5 heteroatoms.